The van der Waals surface area contributed by atoms with E-state index < -0.39 is 5.60 Å². The first-order chi connectivity index (χ1) is 15.9. The molecule has 4 aromatic rings. The summed E-state index contributed by atoms with van der Waals surface area (Å²) < 4.78 is 8.15. The highest BCUT2D eigenvalue weighted by molar-refractivity contribution is 5.96. The molecule has 0 aliphatic carbocycles. The maximum Gasteiger partial charge on any atom is 0.264 e. The Kier molecular flexibility index (Phi) is 5.09. The van der Waals surface area contributed by atoms with Crippen LogP contribution in [0.3, 0.4) is 0 Å². The quantitative estimate of drug-likeness (QED) is 0.506. The molecule has 0 bridgehead atoms. The van der Waals surface area contributed by atoms with E-state index in [0.717, 1.165) is 5.69 Å². The van der Waals surface area contributed by atoms with Gasteiger partial charge in [0.25, 0.3) is 11.5 Å². The van der Waals surface area contributed by atoms with Crippen molar-refractivity contribution in [2.45, 2.75) is 38.8 Å². The van der Waals surface area contributed by atoms with Gasteiger partial charge in [-0.05, 0) is 38.8 Å². The molecule has 1 saturated heterocycles. The van der Waals surface area contributed by atoms with Crippen LogP contribution < -0.4 is 5.56 Å². The van der Waals surface area contributed by atoms with Crippen molar-refractivity contribution in [3.63, 3.8) is 0 Å². The van der Waals surface area contributed by atoms with Gasteiger partial charge in [-0.2, -0.15) is 5.10 Å². The van der Waals surface area contributed by atoms with Gasteiger partial charge in [0.1, 0.15) is 23.0 Å². The lowest BCUT2D eigenvalue weighted by molar-refractivity contribution is -0.0299. The summed E-state index contributed by atoms with van der Waals surface area (Å²) in [5.41, 5.74) is 0.928. The first-order valence-corrected chi connectivity index (χ1v) is 10.8. The fraction of sp³-hybridized carbons (Fsp3) is 0.348. The highest BCUT2D eigenvalue weighted by Crippen LogP contribution is 2.26. The molecule has 0 unspecified atom stereocenters. The number of rotatable bonds is 4. The number of carbonyl (C=O) groups is 1. The van der Waals surface area contributed by atoms with Gasteiger partial charge in [0.2, 0.25) is 0 Å². The Labute approximate surface area is 189 Å². The second-order valence-corrected chi connectivity index (χ2v) is 8.52. The highest BCUT2D eigenvalue weighted by atomic mass is 16.5. The van der Waals surface area contributed by atoms with E-state index in [1.165, 1.54) is 17.1 Å². The molecule has 4 heterocycles. The summed E-state index contributed by atoms with van der Waals surface area (Å²) in [6.07, 6.45) is 3.64. The molecule has 0 atom stereocenters. The number of hydrogen-bond donors (Lipinski definition) is 1. The average Bonchev–Trinajstić information content (AvgIpc) is 3.40. The van der Waals surface area contributed by atoms with Crippen LogP contribution in [0.1, 0.15) is 34.7 Å². The van der Waals surface area contributed by atoms with Gasteiger partial charge in [-0.1, -0.05) is 23.4 Å². The summed E-state index contributed by atoms with van der Waals surface area (Å²) >= 11 is 0. The van der Waals surface area contributed by atoms with E-state index in [1.807, 2.05) is 30.3 Å². The Morgan fingerprint density at radius 2 is 1.91 bits per heavy atom. The molecule has 1 amide bonds. The van der Waals surface area contributed by atoms with Crippen LogP contribution >= 0.6 is 0 Å². The summed E-state index contributed by atoms with van der Waals surface area (Å²) in [5, 5.41) is 19.7. The normalized spacial score (nSPS) is 15.8. The predicted octanol–water partition coefficient (Wildman–Crippen LogP) is 1.85. The lowest BCUT2D eigenvalue weighted by Gasteiger charge is -2.38. The molecule has 170 valence electrons. The molecule has 33 heavy (non-hydrogen) atoms. The number of benzene rings is 1. The number of piperidine rings is 1. The average molecular weight is 448 g/mol. The fourth-order valence-corrected chi connectivity index (χ4v) is 4.37. The molecule has 0 radical (unpaired) electrons. The maximum absolute atomic E-state index is 13.1. The number of aryl methyl sites for hydroxylation is 2. The second kappa shape index (κ2) is 7.96. The summed E-state index contributed by atoms with van der Waals surface area (Å²) in [4.78, 5) is 32.1. The van der Waals surface area contributed by atoms with Crippen LogP contribution in [-0.2, 0) is 6.54 Å². The van der Waals surface area contributed by atoms with Crippen LogP contribution in [0.25, 0.3) is 16.7 Å². The number of hydrogen-bond acceptors (Lipinski definition) is 7. The molecule has 5 rings (SSSR count). The Morgan fingerprint density at radius 3 is 2.58 bits per heavy atom. The minimum Gasteiger partial charge on any atom is -0.388 e. The van der Waals surface area contributed by atoms with Gasteiger partial charge in [0.05, 0.1) is 29.7 Å². The topological polar surface area (TPSA) is 119 Å². The summed E-state index contributed by atoms with van der Waals surface area (Å²) in [6.45, 7) is 4.28. The molecule has 1 fully saturated rings. The fourth-order valence-electron chi connectivity index (χ4n) is 4.37. The molecule has 10 nitrogen and oxygen atoms in total. The highest BCUT2D eigenvalue weighted by Gasteiger charge is 2.36. The van der Waals surface area contributed by atoms with E-state index in [9.17, 15) is 14.7 Å². The molecular formula is C23H24N6O4. The van der Waals surface area contributed by atoms with Crippen molar-refractivity contribution in [3.05, 3.63) is 70.2 Å². The number of para-hydroxylation sites is 1. The summed E-state index contributed by atoms with van der Waals surface area (Å²) in [5.74, 6) is 0.335. The van der Waals surface area contributed by atoms with Crippen LogP contribution in [0.15, 0.2) is 52.2 Å². The molecule has 1 aliphatic heterocycles. The molecule has 10 heteroatoms. The first kappa shape index (κ1) is 21.1. The number of nitrogens with zero attached hydrogens (tertiary/aromatic N) is 6. The van der Waals surface area contributed by atoms with Gasteiger partial charge in [-0.3, -0.25) is 14.2 Å². The minimum atomic E-state index is -1.12. The zero-order chi connectivity index (χ0) is 23.2. The Balaban J connectivity index is 1.33. The monoisotopic (exact) mass is 448 g/mol. The molecule has 1 N–H and O–H groups in total. The summed E-state index contributed by atoms with van der Waals surface area (Å²) in [7, 11) is 0. The van der Waals surface area contributed by atoms with E-state index >= 15 is 0 Å². The van der Waals surface area contributed by atoms with E-state index in [0.29, 0.717) is 54.0 Å². The van der Waals surface area contributed by atoms with Crippen molar-refractivity contribution in [1.29, 1.82) is 0 Å². The van der Waals surface area contributed by atoms with Crippen molar-refractivity contribution >= 4 is 16.9 Å². The third-order valence-electron chi connectivity index (χ3n) is 6.25. The van der Waals surface area contributed by atoms with Crippen LogP contribution in [0.2, 0.25) is 0 Å². The predicted molar refractivity (Wildman–Crippen MR) is 119 cm³/mol. The second-order valence-electron chi connectivity index (χ2n) is 8.52. The number of carbonyl (C=O) groups excluding carboxylic acids is 1. The van der Waals surface area contributed by atoms with Crippen LogP contribution in [0.5, 0.6) is 0 Å². The van der Waals surface area contributed by atoms with Crippen molar-refractivity contribution in [1.82, 2.24) is 29.4 Å². The van der Waals surface area contributed by atoms with Gasteiger partial charge < -0.3 is 14.5 Å². The number of aliphatic hydroxyl groups is 1. The Hall–Kier alpha value is -3.79. The van der Waals surface area contributed by atoms with E-state index in [1.54, 1.807) is 23.4 Å². The SMILES string of the molecule is Cc1noc(C)c1C(=O)N1CCC(O)(Cn2cnc3c(cnn3-c3ccccc3)c2=O)CC1. The number of amides is 1. The van der Waals surface area contributed by atoms with Crippen molar-refractivity contribution < 1.29 is 14.4 Å². The third-order valence-corrected chi connectivity index (χ3v) is 6.25. The van der Waals surface area contributed by atoms with Gasteiger partial charge in [-0.15, -0.1) is 0 Å². The number of fused-ring (bicyclic) bond motifs is 1. The van der Waals surface area contributed by atoms with E-state index in [4.69, 9.17) is 4.52 Å². The zero-order valence-electron chi connectivity index (χ0n) is 18.4. The smallest absolute Gasteiger partial charge is 0.264 e. The van der Waals surface area contributed by atoms with Crippen molar-refractivity contribution in [2.75, 3.05) is 13.1 Å². The third kappa shape index (κ3) is 3.72. The maximum atomic E-state index is 13.1. The van der Waals surface area contributed by atoms with Crippen molar-refractivity contribution in [3.8, 4) is 5.69 Å². The molecule has 3 aromatic heterocycles. The molecule has 0 spiro atoms. The largest absolute Gasteiger partial charge is 0.388 e. The van der Waals surface area contributed by atoms with Gasteiger partial charge in [0.15, 0.2) is 5.65 Å². The Morgan fingerprint density at radius 1 is 1.18 bits per heavy atom. The molecule has 0 saturated carbocycles. The molecular weight excluding hydrogens is 424 g/mol. The van der Waals surface area contributed by atoms with Gasteiger partial charge in [-0.25, -0.2) is 9.67 Å². The lowest BCUT2D eigenvalue weighted by atomic mass is 9.90. The molecule has 1 aliphatic rings. The lowest BCUT2D eigenvalue weighted by Crippen LogP contribution is -2.49. The number of aromatic nitrogens is 5. The van der Waals surface area contributed by atoms with Gasteiger partial charge in [0, 0.05) is 13.1 Å². The molecule has 1 aromatic carbocycles. The van der Waals surface area contributed by atoms with Crippen LogP contribution in [0.4, 0.5) is 0 Å². The van der Waals surface area contributed by atoms with Crippen LogP contribution in [0, 0.1) is 13.8 Å². The Bertz CT molecular complexity index is 1360. The van der Waals surface area contributed by atoms with E-state index in [-0.39, 0.29) is 18.0 Å². The van der Waals surface area contributed by atoms with E-state index in [2.05, 4.69) is 15.2 Å². The number of likely N-dealkylation sites (tertiary alicyclic amines) is 1. The first-order valence-electron chi connectivity index (χ1n) is 10.8. The van der Waals surface area contributed by atoms with Crippen molar-refractivity contribution in [2.24, 2.45) is 0 Å². The zero-order valence-corrected chi connectivity index (χ0v) is 18.4. The standard InChI is InChI=1S/C23H24N6O4/c1-15-19(16(2)33-26-15)22(31)27-10-8-23(32,9-11-27)13-28-14-24-20-18(21(28)30)12-25-29(20)17-6-4-3-5-7-17/h3-7,12,14,32H,8-11,13H2,1-2H3. The van der Waals surface area contributed by atoms with Gasteiger partial charge >= 0.3 is 0 Å². The van der Waals surface area contributed by atoms with Crippen LogP contribution in [-0.4, -0.2) is 59.1 Å². The summed E-state index contributed by atoms with van der Waals surface area (Å²) in [6, 6.07) is 9.47. The minimum absolute atomic E-state index is 0.0959.